The quantitative estimate of drug-likeness (QED) is 0.112. The van der Waals surface area contributed by atoms with Gasteiger partial charge in [0.1, 0.15) is 0 Å². The third-order valence-corrected chi connectivity index (χ3v) is 10.9. The summed E-state index contributed by atoms with van der Waals surface area (Å²) in [6, 6.07) is 13.3. The van der Waals surface area contributed by atoms with E-state index in [4.69, 9.17) is 34.5 Å². The second-order valence-corrected chi connectivity index (χ2v) is 19.6. The van der Waals surface area contributed by atoms with E-state index in [0.29, 0.717) is 23.7 Å². The molecule has 0 amide bonds. The first-order chi connectivity index (χ1) is 25.2. The van der Waals surface area contributed by atoms with Gasteiger partial charge >= 0.3 is 189 Å². The average Bonchev–Trinajstić information content (AvgIpc) is 2.98. The van der Waals surface area contributed by atoms with Crippen LogP contribution in [0.2, 0.25) is 0 Å². The second kappa shape index (κ2) is 25.9. The zero-order chi connectivity index (χ0) is 42.8. The second-order valence-electron chi connectivity index (χ2n) is 16.5. The Morgan fingerprint density at radius 2 is 0.691 bits per heavy atom. The molecule has 0 atom stereocenters. The van der Waals surface area contributed by atoms with E-state index < -0.39 is 33.4 Å². The third kappa shape index (κ3) is 21.8. The summed E-state index contributed by atoms with van der Waals surface area (Å²) in [5.41, 5.74) is 7.79. The van der Waals surface area contributed by atoms with Crippen molar-refractivity contribution in [3.63, 3.8) is 0 Å². The first kappa shape index (κ1) is 53.6. The number of ether oxygens (including phenoxy) is 3. The number of benzene rings is 2. The summed E-state index contributed by atoms with van der Waals surface area (Å²) in [5.74, 6) is 1.90. The maximum atomic E-state index is 9.99. The van der Waals surface area contributed by atoms with Crippen LogP contribution in [0.4, 0.5) is 11.4 Å². The summed E-state index contributed by atoms with van der Waals surface area (Å²) in [4.78, 5) is 9.99. The zero-order valence-electron chi connectivity index (χ0n) is 37.9. The van der Waals surface area contributed by atoms with Crippen LogP contribution in [-0.4, -0.2) is 61.7 Å². The van der Waals surface area contributed by atoms with Crippen LogP contribution >= 0.6 is 0 Å². The van der Waals surface area contributed by atoms with Crippen molar-refractivity contribution in [2.24, 2.45) is 6.99 Å². The van der Waals surface area contributed by atoms with Gasteiger partial charge in [0.25, 0.3) is 0 Å². The molecule has 0 bridgehead atoms. The van der Waals surface area contributed by atoms with Crippen molar-refractivity contribution < 1.29 is 55.6 Å². The topological polar surface area (TPSA) is 121 Å². The van der Waals surface area contributed by atoms with E-state index in [9.17, 15) is 9.90 Å². The molecule has 2 aromatic carbocycles. The Labute approximate surface area is 345 Å². The fourth-order valence-electron chi connectivity index (χ4n) is 5.29. The fraction of sp³-hybridized carbons (Fsp3) is 0.721. The Kier molecular flexibility index (Phi) is 25.2. The molecule has 0 aliphatic rings. The van der Waals surface area contributed by atoms with Gasteiger partial charge in [-0.1, -0.05) is 0 Å². The molecule has 55 heavy (non-hydrogen) atoms. The molecule has 0 saturated carbocycles. The van der Waals surface area contributed by atoms with Crippen LogP contribution in [0.25, 0.3) is 0 Å². The molecule has 0 saturated heterocycles. The molecule has 0 unspecified atom stereocenters. The van der Waals surface area contributed by atoms with Gasteiger partial charge in [0.05, 0.1) is 18.3 Å². The molecule has 0 heterocycles. The summed E-state index contributed by atoms with van der Waals surface area (Å²) in [6.07, 6.45) is -2.76. The van der Waals surface area contributed by atoms with Gasteiger partial charge in [0.15, 0.2) is 0 Å². The molecule has 0 aliphatic heterocycles. The normalized spacial score (nSPS) is 12.4. The van der Waals surface area contributed by atoms with Crippen molar-refractivity contribution in [1.82, 2.24) is 0 Å². The Bertz CT molecular complexity index is 1230. The van der Waals surface area contributed by atoms with Crippen molar-refractivity contribution >= 4 is 20.4 Å². The van der Waals surface area contributed by atoms with Crippen molar-refractivity contribution in [2.75, 3.05) is 0 Å². The van der Waals surface area contributed by atoms with Gasteiger partial charge in [0.2, 0.25) is 0 Å². The van der Waals surface area contributed by atoms with E-state index in [2.05, 4.69) is 91.8 Å². The van der Waals surface area contributed by atoms with Gasteiger partial charge in [-0.2, -0.15) is 0 Å². The number of nitrogens with zero attached hydrogens (tertiary/aromatic N) is 2. The third-order valence-electron chi connectivity index (χ3n) is 7.26. The molecule has 0 radical (unpaired) electrons. The monoisotopic (exact) mass is 876 g/mol. The van der Waals surface area contributed by atoms with Crippen molar-refractivity contribution in [1.29, 1.82) is 0 Å². The van der Waals surface area contributed by atoms with E-state index in [1.165, 1.54) is 33.6 Å². The molecule has 2 N–H and O–H groups in total. The van der Waals surface area contributed by atoms with Gasteiger partial charge in [-0.15, -0.1) is 0 Å². The molecular formula is C43H78MoN2O8Si. The van der Waals surface area contributed by atoms with Gasteiger partial charge < -0.3 is 37.4 Å². The predicted molar refractivity (Wildman–Crippen MR) is 224 cm³/mol. The average molecular weight is 875 g/mol. The molecule has 0 fully saturated rings. The minimum absolute atomic E-state index is 0.107. The molecule has 12 heteroatoms. The summed E-state index contributed by atoms with van der Waals surface area (Å²) in [6.45, 7) is 39.9. The summed E-state index contributed by atoms with van der Waals surface area (Å²) < 4.78 is 41.7. The van der Waals surface area contributed by atoms with Crippen LogP contribution in [0.15, 0.2) is 43.4 Å². The minimum atomic E-state index is -3.44. The fourth-order valence-corrected chi connectivity index (χ4v) is 8.78. The molecule has 0 aromatic heterocycles. The molecule has 318 valence electrons. The van der Waals surface area contributed by atoms with E-state index in [0.717, 1.165) is 0 Å². The molecule has 2 aromatic rings. The van der Waals surface area contributed by atoms with E-state index in [1.807, 2.05) is 41.5 Å². The van der Waals surface area contributed by atoms with Crippen LogP contribution in [0.5, 0.6) is 0 Å². The van der Waals surface area contributed by atoms with Gasteiger partial charge in [-0.25, -0.2) is 0 Å². The van der Waals surface area contributed by atoms with Gasteiger partial charge in [-0.3, -0.25) is 0 Å². The first-order valence-corrected chi connectivity index (χ1v) is 23.6. The maximum absolute atomic E-state index is 9.99. The number of hydrogen-bond acceptors (Lipinski definition) is 10. The van der Waals surface area contributed by atoms with Crippen LogP contribution < -0.4 is 0 Å². The molecule has 0 spiro atoms. The van der Waals surface area contributed by atoms with Gasteiger partial charge in [-0.05, 0) is 83.1 Å². The Morgan fingerprint density at radius 3 is 0.873 bits per heavy atom. The number of aliphatic hydroxyl groups is 1. The van der Waals surface area contributed by atoms with Gasteiger partial charge in [0, 0.05) is 18.3 Å². The summed E-state index contributed by atoms with van der Waals surface area (Å²) >= 11 is -0.857. The summed E-state index contributed by atoms with van der Waals surface area (Å²) in [5, 5.41) is 9.86. The van der Waals surface area contributed by atoms with E-state index in [-0.39, 0.29) is 36.6 Å². The Morgan fingerprint density at radius 1 is 0.455 bits per heavy atom. The number of rotatable bonds is 18. The standard InChI is InChI=1S/2C12H17N.C10H22O4.C9H22O4Si.Mo/c2*1-8(2)10-6-5-7-11(9(3)4)12(10)13;1-7(2)12-10(11,13-8(3)4)14-9(5)6;1-7(2)11-14(10,12-8(3)4)13-9(5)6;/h2*5-9H,1-4H3;7-9,11H,1-6H3;7-10H,1-6H3;. The van der Waals surface area contributed by atoms with E-state index >= 15 is 0 Å². The van der Waals surface area contributed by atoms with Crippen molar-refractivity contribution in [2.45, 2.75) is 205 Å². The van der Waals surface area contributed by atoms with Crippen molar-refractivity contribution in [3.05, 3.63) is 58.7 Å². The van der Waals surface area contributed by atoms with Crippen LogP contribution in [0.1, 0.15) is 184 Å². The predicted octanol–water partition coefficient (Wildman–Crippen LogP) is 12.1. The first-order valence-electron chi connectivity index (χ1n) is 20.1. The Balaban J connectivity index is 0.000000882. The van der Waals surface area contributed by atoms with Crippen LogP contribution in [0.3, 0.4) is 0 Å². The SMILES string of the molecule is CC(C)OC(O)(OC(C)C)OC(C)C.CC(C)O[Si](O)(OC(C)C)OC(C)C.CC(C)c1cccc(C(C)C)c1[N]=[Mo]=[N]c1c(C(C)C)cccc1C(C)C. The Hall–Kier alpha value is -1.37. The van der Waals surface area contributed by atoms with Crippen molar-refractivity contribution in [3.8, 4) is 0 Å². The molecule has 10 nitrogen and oxygen atoms in total. The van der Waals surface area contributed by atoms with E-state index in [1.54, 1.807) is 41.5 Å². The van der Waals surface area contributed by atoms with Crippen LogP contribution in [0, 0.1) is 0 Å². The summed E-state index contributed by atoms with van der Waals surface area (Å²) in [7, 11) is -3.44. The molecular weight excluding hydrogens is 797 g/mol. The van der Waals surface area contributed by atoms with Crippen LogP contribution in [-0.2, 0) is 45.7 Å². The molecule has 2 rings (SSSR count). The number of hydrogen-bond donors (Lipinski definition) is 2. The molecule has 0 aliphatic carbocycles. The zero-order valence-corrected chi connectivity index (χ0v) is 40.9.